The Kier molecular flexibility index (Phi) is 2.99. The molecule has 0 saturated carbocycles. The predicted octanol–water partition coefficient (Wildman–Crippen LogP) is 5.42. The number of hydrogen-bond donors (Lipinski definition) is 0. The van der Waals surface area contributed by atoms with Crippen molar-refractivity contribution in [1.29, 1.82) is 0 Å². The summed E-state index contributed by atoms with van der Waals surface area (Å²) in [6.07, 6.45) is 0. The summed E-state index contributed by atoms with van der Waals surface area (Å²) in [5.74, 6) is 0. The van der Waals surface area contributed by atoms with Gasteiger partial charge in [0.1, 0.15) is 5.38 Å². The van der Waals surface area contributed by atoms with E-state index in [0.717, 1.165) is 0 Å². The fourth-order valence-electron chi connectivity index (χ4n) is 1.69. The third-order valence-corrected chi connectivity index (χ3v) is 5.03. The first-order chi connectivity index (χ1) is 8.43. The molecule has 0 amide bonds. The van der Waals surface area contributed by atoms with E-state index in [1.54, 1.807) is 0 Å². The minimum absolute atomic E-state index is 1.30. The molecule has 0 saturated heterocycles. The first kappa shape index (κ1) is 10.6. The van der Waals surface area contributed by atoms with E-state index in [2.05, 4.69) is 66.0 Å². The Balaban J connectivity index is 1.99. The summed E-state index contributed by atoms with van der Waals surface area (Å²) < 4.78 is 1.37. The van der Waals surface area contributed by atoms with E-state index in [0.29, 0.717) is 0 Å². The van der Waals surface area contributed by atoms with E-state index in [4.69, 9.17) is 0 Å². The molecule has 1 aromatic heterocycles. The standard InChI is InChI=1S/C15H11S2/c1-3-7-12(8-4-1)14-11-16-15(17-14)13-9-5-2-6-10-13/h1-11H/q+1. The zero-order valence-electron chi connectivity index (χ0n) is 9.17. The summed E-state index contributed by atoms with van der Waals surface area (Å²) in [5, 5.41) is 2.24. The van der Waals surface area contributed by atoms with Gasteiger partial charge in [-0.05, 0) is 12.1 Å². The van der Waals surface area contributed by atoms with Gasteiger partial charge in [-0.1, -0.05) is 48.5 Å². The van der Waals surface area contributed by atoms with Crippen LogP contribution in [0.5, 0.6) is 0 Å². The molecular formula is C15H11S2+. The summed E-state index contributed by atoms with van der Waals surface area (Å²) >= 11 is 3.67. The molecule has 3 aromatic rings. The van der Waals surface area contributed by atoms with Crippen molar-refractivity contribution < 1.29 is 0 Å². The van der Waals surface area contributed by atoms with E-state index < -0.39 is 0 Å². The van der Waals surface area contributed by atoms with Gasteiger partial charge in [0.25, 0.3) is 4.19 Å². The molecule has 3 rings (SSSR count). The maximum atomic E-state index is 2.24. The second-order valence-corrected chi connectivity index (χ2v) is 5.91. The van der Waals surface area contributed by atoms with Crippen molar-refractivity contribution in [1.82, 2.24) is 0 Å². The van der Waals surface area contributed by atoms with E-state index in [9.17, 15) is 0 Å². The van der Waals surface area contributed by atoms with Gasteiger partial charge in [0, 0.05) is 11.1 Å². The van der Waals surface area contributed by atoms with Crippen molar-refractivity contribution >= 4 is 22.7 Å². The molecule has 0 radical (unpaired) electrons. The average Bonchev–Trinajstić information content (AvgIpc) is 2.90. The lowest BCUT2D eigenvalue weighted by molar-refractivity contribution is 1.71. The van der Waals surface area contributed by atoms with Crippen LogP contribution in [0.1, 0.15) is 0 Å². The van der Waals surface area contributed by atoms with Gasteiger partial charge in [-0.2, -0.15) is 0 Å². The highest BCUT2D eigenvalue weighted by Gasteiger charge is 2.16. The van der Waals surface area contributed by atoms with Crippen LogP contribution in [0.25, 0.3) is 20.2 Å². The lowest BCUT2D eigenvalue weighted by Crippen LogP contribution is -1.68. The van der Waals surface area contributed by atoms with Crippen molar-refractivity contribution in [2.24, 2.45) is 0 Å². The molecule has 0 fully saturated rings. The largest absolute Gasteiger partial charge is 0.285 e. The highest BCUT2D eigenvalue weighted by atomic mass is 32.2. The Morgan fingerprint density at radius 1 is 0.706 bits per heavy atom. The maximum absolute atomic E-state index is 2.24. The summed E-state index contributed by atoms with van der Waals surface area (Å²) in [4.78, 5) is 1.34. The van der Waals surface area contributed by atoms with Crippen LogP contribution in [0.15, 0.2) is 66.0 Å². The van der Waals surface area contributed by atoms with Crippen LogP contribution in [0.4, 0.5) is 0 Å². The van der Waals surface area contributed by atoms with Crippen LogP contribution in [-0.2, 0) is 0 Å². The second-order valence-electron chi connectivity index (χ2n) is 3.72. The van der Waals surface area contributed by atoms with Crippen molar-refractivity contribution in [3.05, 3.63) is 66.0 Å². The molecule has 0 aliphatic rings. The molecule has 1 heterocycles. The first-order valence-electron chi connectivity index (χ1n) is 5.46. The van der Waals surface area contributed by atoms with Crippen molar-refractivity contribution in [3.8, 4) is 20.2 Å². The van der Waals surface area contributed by atoms with Gasteiger partial charge in [-0.25, -0.2) is 0 Å². The van der Waals surface area contributed by atoms with Gasteiger partial charge in [-0.3, -0.25) is 0 Å². The molecule has 0 aliphatic heterocycles. The summed E-state index contributed by atoms with van der Waals surface area (Å²) in [6, 6.07) is 21.1. The summed E-state index contributed by atoms with van der Waals surface area (Å²) in [5.41, 5.74) is 2.61. The predicted molar refractivity (Wildman–Crippen MR) is 77.5 cm³/mol. The molecule has 2 aromatic carbocycles. The molecule has 0 N–H and O–H groups in total. The lowest BCUT2D eigenvalue weighted by Gasteiger charge is -1.89. The molecule has 0 bridgehead atoms. The SMILES string of the molecule is c1ccc(-c2c[s+]c(-c3ccccc3)s2)cc1. The Morgan fingerprint density at radius 3 is 1.94 bits per heavy atom. The van der Waals surface area contributed by atoms with Gasteiger partial charge >= 0.3 is 0 Å². The van der Waals surface area contributed by atoms with Crippen LogP contribution in [-0.4, -0.2) is 0 Å². The van der Waals surface area contributed by atoms with Crippen LogP contribution in [0, 0.1) is 0 Å². The maximum Gasteiger partial charge on any atom is 0.285 e. The van der Waals surface area contributed by atoms with Crippen molar-refractivity contribution in [2.75, 3.05) is 0 Å². The highest BCUT2D eigenvalue weighted by molar-refractivity contribution is 7.37. The van der Waals surface area contributed by atoms with Crippen LogP contribution < -0.4 is 0 Å². The smallest absolute Gasteiger partial charge is 0.0622 e. The molecule has 17 heavy (non-hydrogen) atoms. The number of hydrogen-bond acceptors (Lipinski definition) is 1. The molecule has 0 spiro atoms. The van der Waals surface area contributed by atoms with E-state index in [-0.39, 0.29) is 0 Å². The van der Waals surface area contributed by atoms with Crippen LogP contribution in [0.3, 0.4) is 0 Å². The zero-order valence-corrected chi connectivity index (χ0v) is 10.8. The second kappa shape index (κ2) is 4.78. The van der Waals surface area contributed by atoms with Crippen molar-refractivity contribution in [3.63, 3.8) is 0 Å². The zero-order chi connectivity index (χ0) is 11.5. The Labute approximate surface area is 109 Å². The Morgan fingerprint density at radius 2 is 1.29 bits per heavy atom. The fourth-order valence-corrected chi connectivity index (χ4v) is 3.96. The number of rotatable bonds is 2. The highest BCUT2D eigenvalue weighted by Crippen LogP contribution is 2.37. The molecular weight excluding hydrogens is 244 g/mol. The van der Waals surface area contributed by atoms with Gasteiger partial charge in [0.15, 0.2) is 4.88 Å². The third kappa shape index (κ3) is 2.28. The minimum atomic E-state index is 1.30. The van der Waals surface area contributed by atoms with Gasteiger partial charge in [0.2, 0.25) is 0 Å². The van der Waals surface area contributed by atoms with Gasteiger partial charge in [-0.15, -0.1) is 0 Å². The normalized spacial score (nSPS) is 10.4. The Hall–Kier alpha value is -1.51. The quantitative estimate of drug-likeness (QED) is 0.536. The molecule has 82 valence electrons. The van der Waals surface area contributed by atoms with Gasteiger partial charge in [0.05, 0.1) is 22.7 Å². The third-order valence-electron chi connectivity index (χ3n) is 2.54. The molecule has 0 nitrogen and oxygen atoms in total. The monoisotopic (exact) mass is 255 g/mol. The fraction of sp³-hybridized carbons (Fsp3) is 0. The average molecular weight is 255 g/mol. The summed E-state index contributed by atoms with van der Waals surface area (Å²) in [6.45, 7) is 0. The molecule has 0 unspecified atom stereocenters. The first-order valence-corrected chi connectivity index (χ1v) is 7.15. The number of benzene rings is 2. The van der Waals surface area contributed by atoms with Gasteiger partial charge < -0.3 is 0 Å². The Bertz CT molecular complexity index is 543. The molecule has 0 aliphatic carbocycles. The van der Waals surface area contributed by atoms with E-state index in [1.807, 2.05) is 22.7 Å². The van der Waals surface area contributed by atoms with Crippen LogP contribution in [0.2, 0.25) is 0 Å². The van der Waals surface area contributed by atoms with Crippen molar-refractivity contribution in [2.45, 2.75) is 0 Å². The van der Waals surface area contributed by atoms with E-state index >= 15 is 0 Å². The van der Waals surface area contributed by atoms with Crippen LogP contribution >= 0.6 is 22.7 Å². The lowest BCUT2D eigenvalue weighted by atomic mass is 10.2. The molecule has 2 heteroatoms. The van der Waals surface area contributed by atoms with E-state index in [1.165, 1.54) is 20.2 Å². The minimum Gasteiger partial charge on any atom is -0.0622 e. The molecule has 0 atom stereocenters. The summed E-state index contributed by atoms with van der Waals surface area (Å²) in [7, 11) is 0. The topological polar surface area (TPSA) is 0 Å².